The van der Waals surface area contributed by atoms with Gasteiger partial charge in [-0.3, -0.25) is 0 Å². The van der Waals surface area contributed by atoms with E-state index in [4.69, 9.17) is 0 Å². The minimum atomic E-state index is 0.353. The van der Waals surface area contributed by atoms with Crippen molar-refractivity contribution >= 4 is 22.7 Å². The average molecular weight is 296 g/mol. The Morgan fingerprint density at radius 2 is 1.00 bits per heavy atom. The summed E-state index contributed by atoms with van der Waals surface area (Å²) < 4.78 is 0. The van der Waals surface area contributed by atoms with E-state index in [-0.39, 0.29) is 0 Å². The second-order valence-corrected chi connectivity index (χ2v) is 5.83. The Kier molecular flexibility index (Phi) is 5.53. The largest absolute Gasteiger partial charge is 0.381 e. The van der Waals surface area contributed by atoms with Crippen molar-refractivity contribution in [2.24, 2.45) is 10.2 Å². The summed E-state index contributed by atoms with van der Waals surface area (Å²) in [7, 11) is 0. The first-order valence-corrected chi connectivity index (χ1v) is 7.69. The fraction of sp³-hybridized carbons (Fsp3) is 0.333. The first-order chi connectivity index (χ1) is 10.6. The molecule has 2 N–H and O–H groups in total. The smallest absolute Gasteiger partial charge is 0.109 e. The summed E-state index contributed by atoms with van der Waals surface area (Å²) in [6.45, 7) is 8.43. The van der Waals surface area contributed by atoms with Gasteiger partial charge in [0, 0.05) is 12.1 Å². The molecule has 0 aromatic heterocycles. The molecule has 0 spiro atoms. The highest BCUT2D eigenvalue weighted by molar-refractivity contribution is 5.67. The van der Waals surface area contributed by atoms with Gasteiger partial charge in [-0.25, -0.2) is 0 Å². The Hall–Kier alpha value is -2.36. The van der Waals surface area contributed by atoms with E-state index in [1.54, 1.807) is 0 Å². The van der Waals surface area contributed by atoms with Gasteiger partial charge in [0.25, 0.3) is 0 Å². The maximum atomic E-state index is 4.42. The van der Waals surface area contributed by atoms with Crippen molar-refractivity contribution in [1.82, 2.24) is 0 Å². The normalized spacial score (nSPS) is 11.4. The van der Waals surface area contributed by atoms with Crippen molar-refractivity contribution < 1.29 is 0 Å². The third-order valence-corrected chi connectivity index (χ3v) is 2.96. The molecule has 116 valence electrons. The Bertz CT molecular complexity index is 577. The molecule has 0 saturated carbocycles. The van der Waals surface area contributed by atoms with E-state index in [0.717, 1.165) is 22.7 Å². The number of benzene rings is 2. The fourth-order valence-electron chi connectivity index (χ4n) is 2.10. The summed E-state index contributed by atoms with van der Waals surface area (Å²) in [5.74, 6) is 0. The molecule has 2 aromatic carbocycles. The molecule has 0 unspecified atom stereocenters. The van der Waals surface area contributed by atoms with Crippen LogP contribution in [0.5, 0.6) is 0 Å². The summed E-state index contributed by atoms with van der Waals surface area (Å²) in [6.07, 6.45) is 0. The molecular weight excluding hydrogens is 272 g/mol. The minimum absolute atomic E-state index is 0.353. The molecule has 4 nitrogen and oxygen atoms in total. The summed E-state index contributed by atoms with van der Waals surface area (Å²) in [6, 6.07) is 16.6. The quantitative estimate of drug-likeness (QED) is 0.667. The van der Waals surface area contributed by atoms with E-state index in [2.05, 4.69) is 48.6 Å². The second kappa shape index (κ2) is 7.59. The van der Waals surface area contributed by atoms with Crippen LogP contribution >= 0.6 is 0 Å². The zero-order chi connectivity index (χ0) is 15.9. The lowest BCUT2D eigenvalue weighted by Crippen LogP contribution is -2.09. The predicted octanol–water partition coefficient (Wildman–Crippen LogP) is 5.74. The van der Waals surface area contributed by atoms with Gasteiger partial charge >= 0.3 is 0 Å². The molecule has 0 saturated heterocycles. The van der Waals surface area contributed by atoms with Crippen molar-refractivity contribution in [2.45, 2.75) is 39.8 Å². The van der Waals surface area contributed by atoms with Gasteiger partial charge in [-0.05, 0) is 52.0 Å². The van der Waals surface area contributed by atoms with Crippen molar-refractivity contribution in [3.63, 3.8) is 0 Å². The van der Waals surface area contributed by atoms with E-state index >= 15 is 0 Å². The lowest BCUT2D eigenvalue weighted by atomic mass is 10.2. The number of nitrogens with zero attached hydrogens (tertiary/aromatic N) is 2. The predicted molar refractivity (Wildman–Crippen MR) is 94.6 cm³/mol. The number of anilines is 2. The van der Waals surface area contributed by atoms with Gasteiger partial charge in [0.05, 0.1) is 11.4 Å². The molecule has 0 bridgehead atoms. The Balaban J connectivity index is 2.26. The molecular formula is C18H24N4. The van der Waals surface area contributed by atoms with Gasteiger partial charge in [0.2, 0.25) is 0 Å². The Morgan fingerprint density at radius 1 is 0.636 bits per heavy atom. The lowest BCUT2D eigenvalue weighted by Gasteiger charge is -2.13. The highest BCUT2D eigenvalue weighted by Gasteiger charge is 2.04. The lowest BCUT2D eigenvalue weighted by molar-refractivity contribution is 0.897. The van der Waals surface area contributed by atoms with Crippen LogP contribution < -0.4 is 10.6 Å². The molecule has 4 heteroatoms. The van der Waals surface area contributed by atoms with E-state index in [0.29, 0.717) is 12.1 Å². The van der Waals surface area contributed by atoms with Gasteiger partial charge in [0.15, 0.2) is 0 Å². The molecule has 0 atom stereocenters. The van der Waals surface area contributed by atoms with Gasteiger partial charge < -0.3 is 10.6 Å². The maximum absolute atomic E-state index is 4.42. The van der Waals surface area contributed by atoms with Crippen LogP contribution in [0.1, 0.15) is 27.7 Å². The summed E-state index contributed by atoms with van der Waals surface area (Å²) in [4.78, 5) is 0. The first-order valence-electron chi connectivity index (χ1n) is 7.69. The molecule has 0 aliphatic carbocycles. The van der Waals surface area contributed by atoms with E-state index < -0.39 is 0 Å². The highest BCUT2D eigenvalue weighted by atomic mass is 15.1. The van der Waals surface area contributed by atoms with Gasteiger partial charge in [-0.15, -0.1) is 10.2 Å². The Morgan fingerprint density at radius 3 is 1.36 bits per heavy atom. The molecule has 0 radical (unpaired) electrons. The van der Waals surface area contributed by atoms with Crippen LogP contribution in [0.3, 0.4) is 0 Å². The van der Waals surface area contributed by atoms with Crippen LogP contribution in [0.4, 0.5) is 22.7 Å². The van der Waals surface area contributed by atoms with Crippen molar-refractivity contribution in [2.75, 3.05) is 10.6 Å². The molecule has 0 fully saturated rings. The summed E-state index contributed by atoms with van der Waals surface area (Å²) >= 11 is 0. The fourth-order valence-corrected chi connectivity index (χ4v) is 2.10. The molecule has 0 aliphatic rings. The molecule has 0 aliphatic heterocycles. The number of nitrogens with one attached hydrogen (secondary N) is 2. The van der Waals surface area contributed by atoms with Gasteiger partial charge in [-0.2, -0.15) is 0 Å². The van der Waals surface area contributed by atoms with E-state index in [1.807, 2.05) is 48.5 Å². The number of rotatable bonds is 6. The third kappa shape index (κ3) is 4.58. The maximum Gasteiger partial charge on any atom is 0.109 e. The molecule has 0 heterocycles. The zero-order valence-electron chi connectivity index (χ0n) is 13.7. The van der Waals surface area contributed by atoms with Crippen LogP contribution in [0.25, 0.3) is 0 Å². The van der Waals surface area contributed by atoms with Crippen LogP contribution in [-0.4, -0.2) is 12.1 Å². The molecule has 22 heavy (non-hydrogen) atoms. The number of hydrogen-bond acceptors (Lipinski definition) is 4. The third-order valence-electron chi connectivity index (χ3n) is 2.96. The van der Waals surface area contributed by atoms with E-state index in [9.17, 15) is 0 Å². The second-order valence-electron chi connectivity index (χ2n) is 5.83. The van der Waals surface area contributed by atoms with Crippen LogP contribution in [-0.2, 0) is 0 Å². The standard InChI is InChI=1S/C18H24N4/c1-13(2)19-15-9-5-7-11-17(15)21-22-18-12-8-6-10-16(18)20-14(3)4/h5-14,19-20H,1-4H3. The number of para-hydroxylation sites is 2. The van der Waals surface area contributed by atoms with Crippen molar-refractivity contribution in [3.8, 4) is 0 Å². The van der Waals surface area contributed by atoms with Gasteiger partial charge in [0.1, 0.15) is 11.4 Å². The van der Waals surface area contributed by atoms with Gasteiger partial charge in [-0.1, -0.05) is 24.3 Å². The highest BCUT2D eigenvalue weighted by Crippen LogP contribution is 2.30. The van der Waals surface area contributed by atoms with Crippen molar-refractivity contribution in [1.29, 1.82) is 0 Å². The van der Waals surface area contributed by atoms with Crippen LogP contribution in [0.2, 0.25) is 0 Å². The summed E-state index contributed by atoms with van der Waals surface area (Å²) in [5.41, 5.74) is 3.68. The van der Waals surface area contributed by atoms with Crippen LogP contribution in [0.15, 0.2) is 58.8 Å². The monoisotopic (exact) mass is 296 g/mol. The molecule has 2 rings (SSSR count). The zero-order valence-corrected chi connectivity index (χ0v) is 13.7. The molecule has 0 amide bonds. The Labute approximate surface area is 132 Å². The SMILES string of the molecule is CC(C)Nc1ccccc1N=Nc1ccccc1NC(C)C. The first kappa shape index (κ1) is 16.0. The average Bonchev–Trinajstić information content (AvgIpc) is 2.46. The number of azo groups is 1. The van der Waals surface area contributed by atoms with E-state index in [1.165, 1.54) is 0 Å². The van der Waals surface area contributed by atoms with Crippen molar-refractivity contribution in [3.05, 3.63) is 48.5 Å². The summed E-state index contributed by atoms with van der Waals surface area (Å²) in [5, 5.41) is 15.6. The number of hydrogen-bond donors (Lipinski definition) is 2. The van der Waals surface area contributed by atoms with Crippen LogP contribution in [0, 0.1) is 0 Å². The molecule has 2 aromatic rings. The topological polar surface area (TPSA) is 48.8 Å². The minimum Gasteiger partial charge on any atom is -0.381 e.